The number of halogens is 1. The van der Waals surface area contributed by atoms with Gasteiger partial charge in [-0.2, -0.15) is 0 Å². The molecule has 1 N–H and O–H groups in total. The van der Waals surface area contributed by atoms with Crippen molar-refractivity contribution in [3.8, 4) is 0 Å². The van der Waals surface area contributed by atoms with Crippen LogP contribution in [0.1, 0.15) is 41.6 Å². The summed E-state index contributed by atoms with van der Waals surface area (Å²) >= 11 is 1.11. The molecule has 0 aliphatic rings. The Labute approximate surface area is 126 Å². The molecule has 0 saturated carbocycles. The molecule has 2 rings (SSSR count). The molecule has 0 saturated heterocycles. The number of carboxylic acid groups (broad SMARTS) is 1. The predicted molar refractivity (Wildman–Crippen MR) is 82.2 cm³/mol. The molecule has 1 aromatic heterocycles. The molecular formula is C15H17FN2O2S. The summed E-state index contributed by atoms with van der Waals surface area (Å²) in [6.45, 7) is 3.94. The van der Waals surface area contributed by atoms with E-state index in [4.69, 9.17) is 0 Å². The minimum absolute atomic E-state index is 0.0713. The number of rotatable bonds is 5. The van der Waals surface area contributed by atoms with Crippen molar-refractivity contribution in [1.29, 1.82) is 0 Å². The Hall–Kier alpha value is -1.95. The van der Waals surface area contributed by atoms with Crippen molar-refractivity contribution in [1.82, 2.24) is 4.98 Å². The summed E-state index contributed by atoms with van der Waals surface area (Å²) in [4.78, 5) is 17.8. The molecule has 0 aliphatic carbocycles. The smallest absolute Gasteiger partial charge is 0.347 e. The second-order valence-electron chi connectivity index (χ2n) is 4.86. The van der Waals surface area contributed by atoms with Gasteiger partial charge in [-0.3, -0.25) is 0 Å². The Morgan fingerprint density at radius 2 is 2.24 bits per heavy atom. The molecule has 1 atom stereocenters. The fourth-order valence-corrected chi connectivity index (χ4v) is 2.95. The number of anilines is 2. The number of hydrogen-bond acceptors (Lipinski definition) is 4. The second kappa shape index (κ2) is 6.22. The molecule has 1 unspecified atom stereocenters. The molecule has 2 aromatic rings. The van der Waals surface area contributed by atoms with E-state index < -0.39 is 5.97 Å². The van der Waals surface area contributed by atoms with Crippen LogP contribution in [0.15, 0.2) is 24.3 Å². The second-order valence-corrected chi connectivity index (χ2v) is 5.84. The maximum atomic E-state index is 13.3. The van der Waals surface area contributed by atoms with Gasteiger partial charge < -0.3 is 10.0 Å². The van der Waals surface area contributed by atoms with Crippen LogP contribution in [0.25, 0.3) is 0 Å². The van der Waals surface area contributed by atoms with Gasteiger partial charge in [0.2, 0.25) is 0 Å². The Balaban J connectivity index is 2.42. The number of carboxylic acids is 1. The van der Waals surface area contributed by atoms with Crippen LogP contribution >= 0.6 is 11.3 Å². The first-order valence-electron chi connectivity index (χ1n) is 6.67. The quantitative estimate of drug-likeness (QED) is 0.896. The van der Waals surface area contributed by atoms with E-state index in [1.807, 2.05) is 13.8 Å². The number of hydrogen-bond donors (Lipinski definition) is 1. The highest BCUT2D eigenvalue weighted by Crippen LogP contribution is 2.34. The van der Waals surface area contributed by atoms with Crippen LogP contribution in [0.2, 0.25) is 0 Å². The Morgan fingerprint density at radius 1 is 1.52 bits per heavy atom. The Morgan fingerprint density at radius 3 is 2.81 bits per heavy atom. The minimum atomic E-state index is -0.971. The summed E-state index contributed by atoms with van der Waals surface area (Å²) in [6, 6.07) is 6.13. The lowest BCUT2D eigenvalue weighted by Crippen LogP contribution is -2.09. The predicted octanol–water partition coefficient (Wildman–Crippen LogP) is 4.26. The monoisotopic (exact) mass is 308 g/mol. The lowest BCUT2D eigenvalue weighted by atomic mass is 10.0. The van der Waals surface area contributed by atoms with Crippen LogP contribution in [0.4, 0.5) is 15.2 Å². The third-order valence-corrected chi connectivity index (χ3v) is 4.53. The minimum Gasteiger partial charge on any atom is -0.477 e. The average molecular weight is 308 g/mol. The van der Waals surface area contributed by atoms with E-state index in [2.05, 4.69) is 4.98 Å². The summed E-state index contributed by atoms with van der Waals surface area (Å²) in [5.41, 5.74) is 1.23. The normalized spacial score (nSPS) is 12.2. The van der Waals surface area contributed by atoms with E-state index in [9.17, 15) is 14.3 Å². The zero-order valence-corrected chi connectivity index (χ0v) is 12.9. The molecule has 0 aliphatic heterocycles. The average Bonchev–Trinajstić information content (AvgIpc) is 2.91. The topological polar surface area (TPSA) is 53.4 Å². The fraction of sp³-hybridized carbons (Fsp3) is 0.333. The van der Waals surface area contributed by atoms with Crippen molar-refractivity contribution in [2.24, 2.45) is 0 Å². The van der Waals surface area contributed by atoms with E-state index in [0.29, 0.717) is 16.5 Å². The molecule has 112 valence electrons. The van der Waals surface area contributed by atoms with Gasteiger partial charge in [-0.25, -0.2) is 14.2 Å². The largest absolute Gasteiger partial charge is 0.477 e. The number of nitrogens with zero attached hydrogens (tertiary/aromatic N) is 2. The number of aromatic nitrogens is 1. The lowest BCUT2D eigenvalue weighted by molar-refractivity contribution is 0.0700. The molecular weight excluding hydrogens is 291 g/mol. The van der Waals surface area contributed by atoms with Crippen LogP contribution < -0.4 is 4.90 Å². The molecule has 1 heterocycles. The maximum absolute atomic E-state index is 13.3. The van der Waals surface area contributed by atoms with Crippen molar-refractivity contribution in [2.45, 2.75) is 26.2 Å². The highest BCUT2D eigenvalue weighted by molar-refractivity contribution is 7.17. The van der Waals surface area contributed by atoms with Gasteiger partial charge in [-0.15, -0.1) is 0 Å². The fourth-order valence-electron chi connectivity index (χ4n) is 1.94. The summed E-state index contributed by atoms with van der Waals surface area (Å²) in [6.07, 6.45) is 0.813. The molecule has 1 aromatic carbocycles. The zero-order valence-electron chi connectivity index (χ0n) is 12.1. The van der Waals surface area contributed by atoms with E-state index in [-0.39, 0.29) is 16.6 Å². The Kier molecular flexibility index (Phi) is 4.57. The van der Waals surface area contributed by atoms with Crippen LogP contribution in [0.5, 0.6) is 0 Å². The first kappa shape index (κ1) is 15.4. The van der Waals surface area contributed by atoms with E-state index in [0.717, 1.165) is 17.8 Å². The summed E-state index contributed by atoms with van der Waals surface area (Å²) in [7, 11) is 1.75. The lowest BCUT2D eigenvalue weighted by Gasteiger charge is -2.15. The summed E-state index contributed by atoms with van der Waals surface area (Å²) in [5.74, 6) is -1.24. The summed E-state index contributed by atoms with van der Waals surface area (Å²) < 4.78 is 13.3. The molecule has 0 spiro atoms. The molecule has 4 nitrogen and oxygen atoms in total. The van der Waals surface area contributed by atoms with Gasteiger partial charge in [0.25, 0.3) is 0 Å². The van der Waals surface area contributed by atoms with Crippen molar-refractivity contribution >= 4 is 28.1 Å². The zero-order chi connectivity index (χ0) is 15.6. The number of benzene rings is 1. The first-order valence-corrected chi connectivity index (χ1v) is 7.49. The molecule has 6 heteroatoms. The van der Waals surface area contributed by atoms with Gasteiger partial charge in [-0.1, -0.05) is 31.3 Å². The van der Waals surface area contributed by atoms with E-state index >= 15 is 0 Å². The standard InChI is InChI=1S/C15H17FN2O2S/c1-4-9(2)12-13(14(19)20)21-15(17-12)18(3)11-7-5-6-10(16)8-11/h5-9H,4H2,1-3H3,(H,19,20). The van der Waals surface area contributed by atoms with Crippen molar-refractivity contribution in [3.63, 3.8) is 0 Å². The van der Waals surface area contributed by atoms with Gasteiger partial charge in [0, 0.05) is 12.7 Å². The highest BCUT2D eigenvalue weighted by atomic mass is 32.1. The third-order valence-electron chi connectivity index (χ3n) is 3.40. The van der Waals surface area contributed by atoms with E-state index in [1.165, 1.54) is 12.1 Å². The van der Waals surface area contributed by atoms with Crippen LogP contribution in [-0.2, 0) is 0 Å². The number of aromatic carboxylic acids is 1. The van der Waals surface area contributed by atoms with Gasteiger partial charge in [0.1, 0.15) is 10.7 Å². The molecule has 21 heavy (non-hydrogen) atoms. The third kappa shape index (κ3) is 3.21. The highest BCUT2D eigenvalue weighted by Gasteiger charge is 2.23. The first-order chi connectivity index (χ1) is 9.93. The van der Waals surface area contributed by atoms with Crippen molar-refractivity contribution in [3.05, 3.63) is 40.7 Å². The van der Waals surface area contributed by atoms with Crippen molar-refractivity contribution < 1.29 is 14.3 Å². The van der Waals surface area contributed by atoms with Crippen LogP contribution in [-0.4, -0.2) is 23.1 Å². The molecule has 0 bridgehead atoms. The van der Waals surface area contributed by atoms with Gasteiger partial charge in [0.15, 0.2) is 5.13 Å². The molecule has 0 fully saturated rings. The van der Waals surface area contributed by atoms with Gasteiger partial charge >= 0.3 is 5.97 Å². The van der Waals surface area contributed by atoms with Crippen molar-refractivity contribution in [2.75, 3.05) is 11.9 Å². The van der Waals surface area contributed by atoms with Crippen LogP contribution in [0, 0.1) is 5.82 Å². The number of thiazole rings is 1. The molecule has 0 amide bonds. The maximum Gasteiger partial charge on any atom is 0.347 e. The number of carbonyl (C=O) groups is 1. The van der Waals surface area contributed by atoms with E-state index in [1.54, 1.807) is 24.1 Å². The molecule has 0 radical (unpaired) electrons. The van der Waals surface area contributed by atoms with Gasteiger partial charge in [-0.05, 0) is 30.5 Å². The SMILES string of the molecule is CCC(C)c1nc(N(C)c2cccc(F)c2)sc1C(=O)O. The Bertz CT molecular complexity index is 657. The van der Waals surface area contributed by atoms with Crippen LogP contribution in [0.3, 0.4) is 0 Å². The van der Waals surface area contributed by atoms with Gasteiger partial charge in [0.05, 0.1) is 5.69 Å². The summed E-state index contributed by atoms with van der Waals surface area (Å²) in [5, 5.41) is 9.86.